The molecular weight excluding hydrogens is 234 g/mol. The summed E-state index contributed by atoms with van der Waals surface area (Å²) >= 11 is 0. The molecule has 0 bridgehead atoms. The van der Waals surface area contributed by atoms with Crippen molar-refractivity contribution in [1.82, 2.24) is 9.97 Å². The minimum absolute atomic E-state index is 0.375. The van der Waals surface area contributed by atoms with Crippen LogP contribution in [-0.2, 0) is 12.8 Å². The number of fused-ring (bicyclic) bond motifs is 1. The van der Waals surface area contributed by atoms with Gasteiger partial charge in [0.2, 0.25) is 0 Å². The van der Waals surface area contributed by atoms with Gasteiger partial charge in [-0.15, -0.1) is 0 Å². The van der Waals surface area contributed by atoms with E-state index in [1.807, 2.05) is 0 Å². The fraction of sp³-hybridized carbons (Fsp3) is 0.375. The molecule has 1 atom stereocenters. The summed E-state index contributed by atoms with van der Waals surface area (Å²) in [6.07, 6.45) is 2.01. The molecule has 0 amide bonds. The fourth-order valence-electron chi connectivity index (χ4n) is 2.62. The van der Waals surface area contributed by atoms with Crippen molar-refractivity contribution in [3.63, 3.8) is 0 Å². The van der Waals surface area contributed by atoms with E-state index in [4.69, 9.17) is 4.98 Å². The van der Waals surface area contributed by atoms with Crippen molar-refractivity contribution in [2.75, 3.05) is 11.9 Å². The molecule has 1 aromatic heterocycles. The summed E-state index contributed by atoms with van der Waals surface area (Å²) in [6, 6.07) is 10.6. The summed E-state index contributed by atoms with van der Waals surface area (Å²) in [5.74, 6) is 2.29. The highest BCUT2D eigenvalue weighted by molar-refractivity contribution is 5.46. The van der Waals surface area contributed by atoms with Gasteiger partial charge in [-0.2, -0.15) is 0 Å². The maximum atomic E-state index is 4.70. The normalized spacial score (nSPS) is 16.6. The van der Waals surface area contributed by atoms with Crippen LogP contribution in [0.2, 0.25) is 0 Å². The molecule has 98 valence electrons. The third kappa shape index (κ3) is 2.21. The highest BCUT2D eigenvalue weighted by Crippen LogP contribution is 2.38. The number of rotatable bonds is 4. The second-order valence-corrected chi connectivity index (χ2v) is 4.94. The molecule has 0 radical (unpaired) electrons. The summed E-state index contributed by atoms with van der Waals surface area (Å²) in [6.45, 7) is 5.11. The minimum atomic E-state index is 0.375. The first-order valence-corrected chi connectivity index (χ1v) is 7.01. The summed E-state index contributed by atoms with van der Waals surface area (Å²) in [5.41, 5.74) is 3.94. The van der Waals surface area contributed by atoms with Crippen LogP contribution in [0.25, 0.3) is 0 Å². The lowest BCUT2D eigenvalue weighted by atomic mass is 9.77. The van der Waals surface area contributed by atoms with Crippen LogP contribution in [0, 0.1) is 0 Å². The van der Waals surface area contributed by atoms with Crippen LogP contribution in [0.15, 0.2) is 30.3 Å². The van der Waals surface area contributed by atoms with E-state index in [9.17, 15) is 0 Å². The number of nitrogens with zero attached hydrogens (tertiary/aromatic N) is 2. The zero-order valence-corrected chi connectivity index (χ0v) is 11.5. The van der Waals surface area contributed by atoms with Gasteiger partial charge in [0.05, 0.1) is 0 Å². The zero-order chi connectivity index (χ0) is 13.2. The Morgan fingerprint density at radius 2 is 2.05 bits per heavy atom. The Bertz CT molecular complexity index is 592. The summed E-state index contributed by atoms with van der Waals surface area (Å²) < 4.78 is 0. The van der Waals surface area contributed by atoms with Gasteiger partial charge in [-0.1, -0.05) is 31.2 Å². The van der Waals surface area contributed by atoms with E-state index >= 15 is 0 Å². The molecule has 3 nitrogen and oxygen atoms in total. The van der Waals surface area contributed by atoms with Crippen LogP contribution in [-0.4, -0.2) is 16.5 Å². The van der Waals surface area contributed by atoms with E-state index in [1.54, 1.807) is 0 Å². The Kier molecular flexibility index (Phi) is 3.20. The van der Waals surface area contributed by atoms with Gasteiger partial charge in [0.25, 0.3) is 0 Å². The molecule has 1 N–H and O–H groups in total. The molecule has 1 aliphatic rings. The summed E-state index contributed by atoms with van der Waals surface area (Å²) in [5, 5.41) is 3.30. The molecular formula is C16H19N3. The Morgan fingerprint density at radius 3 is 2.79 bits per heavy atom. The topological polar surface area (TPSA) is 37.8 Å². The predicted molar refractivity (Wildman–Crippen MR) is 77.6 cm³/mol. The average molecular weight is 253 g/mol. The van der Waals surface area contributed by atoms with Gasteiger partial charge in [-0.25, -0.2) is 9.97 Å². The van der Waals surface area contributed by atoms with Crippen molar-refractivity contribution in [2.24, 2.45) is 0 Å². The molecule has 0 fully saturated rings. The lowest BCUT2D eigenvalue weighted by Crippen LogP contribution is -2.21. The molecule has 0 saturated carbocycles. The van der Waals surface area contributed by atoms with Crippen LogP contribution < -0.4 is 5.32 Å². The number of hydrogen-bond donors (Lipinski definition) is 1. The molecule has 0 aliphatic heterocycles. The van der Waals surface area contributed by atoms with Crippen molar-refractivity contribution < 1.29 is 0 Å². The SMILES string of the molecule is CCNc1cc(CC)nc(C2Cc3ccccc32)n1. The number of benzene rings is 1. The number of nitrogens with one attached hydrogen (secondary N) is 1. The van der Waals surface area contributed by atoms with E-state index in [2.05, 4.69) is 54.5 Å². The van der Waals surface area contributed by atoms with Crippen molar-refractivity contribution in [1.29, 1.82) is 0 Å². The van der Waals surface area contributed by atoms with Gasteiger partial charge in [-0.3, -0.25) is 0 Å². The highest BCUT2D eigenvalue weighted by atomic mass is 15.0. The summed E-state index contributed by atoms with van der Waals surface area (Å²) in [4.78, 5) is 9.37. The molecule has 2 aromatic rings. The van der Waals surface area contributed by atoms with E-state index in [0.29, 0.717) is 5.92 Å². The standard InChI is InChI=1S/C16H19N3/c1-3-12-10-15(17-4-2)19-16(18-12)14-9-11-7-5-6-8-13(11)14/h5-8,10,14H,3-4,9H2,1-2H3,(H,17,18,19). The van der Waals surface area contributed by atoms with E-state index in [1.165, 1.54) is 11.1 Å². The number of aromatic nitrogens is 2. The maximum Gasteiger partial charge on any atom is 0.138 e. The highest BCUT2D eigenvalue weighted by Gasteiger charge is 2.29. The monoisotopic (exact) mass is 253 g/mol. The van der Waals surface area contributed by atoms with Gasteiger partial charge < -0.3 is 5.32 Å². The molecule has 19 heavy (non-hydrogen) atoms. The number of hydrogen-bond acceptors (Lipinski definition) is 3. The predicted octanol–water partition coefficient (Wildman–Crippen LogP) is 3.16. The average Bonchev–Trinajstić information content (AvgIpc) is 2.40. The molecule has 3 heteroatoms. The second-order valence-electron chi connectivity index (χ2n) is 4.94. The minimum Gasteiger partial charge on any atom is -0.370 e. The Balaban J connectivity index is 1.95. The smallest absolute Gasteiger partial charge is 0.138 e. The van der Waals surface area contributed by atoms with Crippen molar-refractivity contribution >= 4 is 5.82 Å². The lowest BCUT2D eigenvalue weighted by molar-refractivity contribution is 0.654. The third-order valence-electron chi connectivity index (χ3n) is 3.68. The molecule has 1 unspecified atom stereocenters. The maximum absolute atomic E-state index is 4.70. The Morgan fingerprint density at radius 1 is 1.21 bits per heavy atom. The van der Waals surface area contributed by atoms with Crippen molar-refractivity contribution in [3.8, 4) is 0 Å². The first kappa shape index (κ1) is 12.2. The molecule has 0 saturated heterocycles. The van der Waals surface area contributed by atoms with Gasteiger partial charge in [0.15, 0.2) is 0 Å². The number of aryl methyl sites for hydroxylation is 1. The molecule has 1 heterocycles. The Labute approximate surface area is 114 Å². The van der Waals surface area contributed by atoms with E-state index < -0.39 is 0 Å². The van der Waals surface area contributed by atoms with Gasteiger partial charge in [0, 0.05) is 24.2 Å². The van der Waals surface area contributed by atoms with Crippen molar-refractivity contribution in [2.45, 2.75) is 32.6 Å². The largest absolute Gasteiger partial charge is 0.370 e. The molecule has 1 aliphatic carbocycles. The van der Waals surface area contributed by atoms with E-state index in [0.717, 1.165) is 36.7 Å². The van der Waals surface area contributed by atoms with Crippen LogP contribution in [0.5, 0.6) is 0 Å². The van der Waals surface area contributed by atoms with Crippen molar-refractivity contribution in [3.05, 3.63) is 53.0 Å². The van der Waals surface area contributed by atoms with Gasteiger partial charge in [-0.05, 0) is 30.9 Å². The van der Waals surface area contributed by atoms with Crippen LogP contribution >= 0.6 is 0 Å². The van der Waals surface area contributed by atoms with E-state index in [-0.39, 0.29) is 0 Å². The first-order valence-electron chi connectivity index (χ1n) is 7.01. The first-order chi connectivity index (χ1) is 9.31. The van der Waals surface area contributed by atoms with Crippen LogP contribution in [0.4, 0.5) is 5.82 Å². The molecule has 3 rings (SSSR count). The second kappa shape index (κ2) is 5.00. The molecule has 1 aromatic carbocycles. The quantitative estimate of drug-likeness (QED) is 0.909. The lowest BCUT2D eigenvalue weighted by Gasteiger charge is -2.29. The van der Waals surface area contributed by atoms with Gasteiger partial charge >= 0.3 is 0 Å². The Hall–Kier alpha value is -1.90. The number of anilines is 1. The third-order valence-corrected chi connectivity index (χ3v) is 3.68. The van der Waals surface area contributed by atoms with Crippen LogP contribution in [0.3, 0.4) is 0 Å². The van der Waals surface area contributed by atoms with Gasteiger partial charge in [0.1, 0.15) is 11.6 Å². The summed E-state index contributed by atoms with van der Waals surface area (Å²) in [7, 11) is 0. The van der Waals surface area contributed by atoms with Crippen LogP contribution in [0.1, 0.15) is 42.4 Å². The fourth-order valence-corrected chi connectivity index (χ4v) is 2.62. The zero-order valence-electron chi connectivity index (χ0n) is 11.5. The molecule has 0 spiro atoms.